The van der Waals surface area contributed by atoms with Crippen molar-refractivity contribution in [3.63, 3.8) is 0 Å². The number of carbonyl (C=O) groups is 2. The molecule has 1 aromatic rings. The van der Waals surface area contributed by atoms with Crippen LogP contribution >= 0.6 is 0 Å². The summed E-state index contributed by atoms with van der Waals surface area (Å²) in [6.45, 7) is 10.5. The molecular formula is C28H41N3O2. The van der Waals surface area contributed by atoms with E-state index in [4.69, 9.17) is 0 Å². The van der Waals surface area contributed by atoms with E-state index in [1.165, 1.54) is 44.1 Å². The maximum absolute atomic E-state index is 13.2. The minimum Gasteiger partial charge on any atom is -0.340 e. The van der Waals surface area contributed by atoms with Crippen molar-refractivity contribution in [2.45, 2.75) is 70.8 Å². The van der Waals surface area contributed by atoms with Gasteiger partial charge in [-0.1, -0.05) is 32.9 Å². The zero-order valence-corrected chi connectivity index (χ0v) is 20.7. The molecule has 0 spiro atoms. The average molecular weight is 452 g/mol. The Balaban J connectivity index is 1.25. The molecule has 180 valence electrons. The van der Waals surface area contributed by atoms with E-state index in [-0.39, 0.29) is 17.7 Å². The van der Waals surface area contributed by atoms with Crippen LogP contribution in [-0.4, -0.2) is 60.4 Å². The lowest BCUT2D eigenvalue weighted by Gasteiger charge is -2.57. The van der Waals surface area contributed by atoms with Crippen LogP contribution in [0.2, 0.25) is 0 Å². The van der Waals surface area contributed by atoms with E-state index in [0.717, 1.165) is 50.5 Å². The highest BCUT2D eigenvalue weighted by molar-refractivity contribution is 5.97. The average Bonchev–Trinajstić information content (AvgIpc) is 2.81. The van der Waals surface area contributed by atoms with Crippen LogP contribution in [0.4, 0.5) is 0 Å². The SMILES string of the molecule is CCN1CCN(C(=O)[C@H](NC(=O)c2ccc(C34CC5CC(CC(C5)C3)C4)cc2)C(C)C)CC1. The first-order chi connectivity index (χ1) is 15.9. The monoisotopic (exact) mass is 451 g/mol. The van der Waals surface area contributed by atoms with Crippen molar-refractivity contribution in [3.05, 3.63) is 35.4 Å². The van der Waals surface area contributed by atoms with Gasteiger partial charge in [0.1, 0.15) is 6.04 Å². The second-order valence-electron chi connectivity index (χ2n) is 11.7. The van der Waals surface area contributed by atoms with Crippen LogP contribution in [0.15, 0.2) is 24.3 Å². The molecule has 0 unspecified atom stereocenters. The van der Waals surface area contributed by atoms with Crippen molar-refractivity contribution in [3.8, 4) is 0 Å². The summed E-state index contributed by atoms with van der Waals surface area (Å²) < 4.78 is 0. The van der Waals surface area contributed by atoms with Crippen LogP contribution in [-0.2, 0) is 10.2 Å². The highest BCUT2D eigenvalue weighted by atomic mass is 16.2. The Bertz CT molecular complexity index is 834. The first-order valence-electron chi connectivity index (χ1n) is 13.3. The number of rotatable bonds is 6. The van der Waals surface area contributed by atoms with Crippen LogP contribution in [0, 0.1) is 23.7 Å². The molecule has 0 radical (unpaired) electrons. The van der Waals surface area contributed by atoms with Gasteiger partial charge in [0.2, 0.25) is 5.91 Å². The molecule has 4 saturated carbocycles. The lowest BCUT2D eigenvalue weighted by Crippen LogP contribution is -2.56. The number of likely N-dealkylation sites (N-methyl/N-ethyl adjacent to an activating group) is 1. The van der Waals surface area contributed by atoms with Crippen LogP contribution < -0.4 is 5.32 Å². The predicted octanol–water partition coefficient (Wildman–Crippen LogP) is 4.07. The van der Waals surface area contributed by atoms with Crippen molar-refractivity contribution < 1.29 is 9.59 Å². The van der Waals surface area contributed by atoms with E-state index < -0.39 is 6.04 Å². The van der Waals surface area contributed by atoms with Gasteiger partial charge in [-0.05, 0) is 91.9 Å². The van der Waals surface area contributed by atoms with Gasteiger partial charge in [0.25, 0.3) is 5.91 Å². The zero-order valence-electron chi connectivity index (χ0n) is 20.7. The third kappa shape index (κ3) is 4.45. The minimum absolute atomic E-state index is 0.0527. The van der Waals surface area contributed by atoms with Crippen LogP contribution in [0.1, 0.15) is 75.2 Å². The minimum atomic E-state index is -0.478. The van der Waals surface area contributed by atoms with Gasteiger partial charge < -0.3 is 15.1 Å². The van der Waals surface area contributed by atoms with Crippen molar-refractivity contribution in [2.24, 2.45) is 23.7 Å². The molecule has 2 amide bonds. The third-order valence-corrected chi connectivity index (χ3v) is 9.15. The summed E-state index contributed by atoms with van der Waals surface area (Å²) in [5.41, 5.74) is 2.45. The molecule has 1 saturated heterocycles. The summed E-state index contributed by atoms with van der Waals surface area (Å²) in [6.07, 6.45) is 8.33. The van der Waals surface area contributed by atoms with Crippen molar-refractivity contribution in [1.82, 2.24) is 15.1 Å². The normalized spacial score (nSPS) is 32.2. The van der Waals surface area contributed by atoms with Crippen molar-refractivity contribution in [1.29, 1.82) is 0 Å². The Hall–Kier alpha value is -1.88. The summed E-state index contributed by atoms with van der Waals surface area (Å²) in [7, 11) is 0. The Labute approximate surface area is 199 Å². The second-order valence-corrected chi connectivity index (χ2v) is 11.7. The number of nitrogens with one attached hydrogen (secondary N) is 1. The molecule has 1 aliphatic heterocycles. The van der Waals surface area contributed by atoms with Gasteiger partial charge in [-0.2, -0.15) is 0 Å². The summed E-state index contributed by atoms with van der Waals surface area (Å²) in [5.74, 6) is 2.71. The molecule has 4 aliphatic carbocycles. The number of benzene rings is 1. The highest BCUT2D eigenvalue weighted by Crippen LogP contribution is 2.60. The van der Waals surface area contributed by atoms with Gasteiger partial charge in [-0.15, -0.1) is 0 Å². The van der Waals surface area contributed by atoms with E-state index in [9.17, 15) is 9.59 Å². The van der Waals surface area contributed by atoms with Crippen molar-refractivity contribution >= 4 is 11.8 Å². The number of hydrogen-bond donors (Lipinski definition) is 1. The molecule has 5 nitrogen and oxygen atoms in total. The van der Waals surface area contributed by atoms with E-state index in [1.807, 2.05) is 30.9 Å². The number of hydrogen-bond acceptors (Lipinski definition) is 3. The van der Waals surface area contributed by atoms with Crippen LogP contribution in [0.5, 0.6) is 0 Å². The van der Waals surface area contributed by atoms with E-state index in [0.29, 0.717) is 11.0 Å². The van der Waals surface area contributed by atoms with E-state index >= 15 is 0 Å². The third-order valence-electron chi connectivity index (χ3n) is 9.15. The molecule has 1 atom stereocenters. The summed E-state index contributed by atoms with van der Waals surface area (Å²) in [5, 5.41) is 3.07. The fourth-order valence-corrected chi connectivity index (χ4v) is 7.66. The van der Waals surface area contributed by atoms with E-state index in [2.05, 4.69) is 29.3 Å². The number of piperazine rings is 1. The molecule has 33 heavy (non-hydrogen) atoms. The highest BCUT2D eigenvalue weighted by Gasteiger charge is 2.51. The fourth-order valence-electron chi connectivity index (χ4n) is 7.66. The fraction of sp³-hybridized carbons (Fsp3) is 0.714. The number of amides is 2. The Morgan fingerprint density at radius 3 is 1.97 bits per heavy atom. The van der Waals surface area contributed by atoms with Crippen LogP contribution in [0.25, 0.3) is 0 Å². The molecule has 5 aliphatic rings. The molecule has 5 fully saturated rings. The lowest BCUT2D eigenvalue weighted by molar-refractivity contribution is -0.136. The van der Waals surface area contributed by atoms with Gasteiger partial charge in [-0.3, -0.25) is 9.59 Å². The van der Waals surface area contributed by atoms with Gasteiger partial charge >= 0.3 is 0 Å². The molecule has 0 aromatic heterocycles. The number of nitrogens with zero attached hydrogens (tertiary/aromatic N) is 2. The van der Waals surface area contributed by atoms with Crippen LogP contribution in [0.3, 0.4) is 0 Å². The quantitative estimate of drug-likeness (QED) is 0.709. The molecule has 1 N–H and O–H groups in total. The van der Waals surface area contributed by atoms with Gasteiger partial charge in [-0.25, -0.2) is 0 Å². The topological polar surface area (TPSA) is 52.6 Å². The predicted molar refractivity (Wildman–Crippen MR) is 131 cm³/mol. The first kappa shape index (κ1) is 22.9. The van der Waals surface area contributed by atoms with Gasteiger partial charge in [0.15, 0.2) is 0 Å². The lowest BCUT2D eigenvalue weighted by atomic mass is 9.48. The Kier molecular flexibility index (Phi) is 6.28. The molecule has 1 heterocycles. The molecule has 1 aromatic carbocycles. The zero-order chi connectivity index (χ0) is 23.2. The number of carbonyl (C=O) groups excluding carboxylic acids is 2. The second kappa shape index (κ2) is 9.05. The van der Waals surface area contributed by atoms with Gasteiger partial charge in [0, 0.05) is 31.7 Å². The molecule has 6 rings (SSSR count). The summed E-state index contributed by atoms with van der Waals surface area (Å²) in [4.78, 5) is 30.6. The first-order valence-corrected chi connectivity index (χ1v) is 13.3. The Morgan fingerprint density at radius 1 is 0.939 bits per heavy atom. The maximum atomic E-state index is 13.2. The summed E-state index contributed by atoms with van der Waals surface area (Å²) >= 11 is 0. The van der Waals surface area contributed by atoms with Gasteiger partial charge in [0.05, 0.1) is 0 Å². The molecule has 4 bridgehead atoms. The summed E-state index contributed by atoms with van der Waals surface area (Å²) in [6, 6.07) is 7.92. The maximum Gasteiger partial charge on any atom is 0.251 e. The smallest absolute Gasteiger partial charge is 0.251 e. The van der Waals surface area contributed by atoms with E-state index in [1.54, 1.807) is 0 Å². The molecule has 5 heteroatoms. The largest absolute Gasteiger partial charge is 0.340 e. The Morgan fingerprint density at radius 2 is 1.48 bits per heavy atom. The standard InChI is InChI=1S/C28H41N3O2/c1-4-30-9-11-31(12-10-30)27(33)25(19(2)3)29-26(32)23-5-7-24(8-6-23)28-16-20-13-21(17-28)15-22(14-20)18-28/h5-8,19-22,25H,4,9-18H2,1-3H3,(H,29,32)/t20?,21?,22?,25-,28?/m1/s1. The van der Waals surface area contributed by atoms with Crippen molar-refractivity contribution in [2.75, 3.05) is 32.7 Å². The molecular weight excluding hydrogens is 410 g/mol.